The SMILES string of the molecule is CN=C(NCC1CCOC1)NCC1(N(C)C)CCCC(C)C1.I. The first-order valence-corrected chi connectivity index (χ1v) is 8.75. The highest BCUT2D eigenvalue weighted by Crippen LogP contribution is 2.35. The van der Waals surface area contributed by atoms with E-state index in [0.29, 0.717) is 5.92 Å². The maximum absolute atomic E-state index is 5.43. The molecule has 3 unspecified atom stereocenters. The molecular weight excluding hydrogens is 403 g/mol. The summed E-state index contributed by atoms with van der Waals surface area (Å²) in [6.45, 7) is 6.07. The number of hydrogen-bond donors (Lipinski definition) is 2. The van der Waals surface area contributed by atoms with Gasteiger partial charge in [-0.1, -0.05) is 19.8 Å². The van der Waals surface area contributed by atoms with Gasteiger partial charge < -0.3 is 20.3 Å². The standard InChI is InChI=1S/C17H34N4O.HI/c1-14-6-5-8-17(10-14,21(3)4)13-20-16(18-2)19-11-15-7-9-22-12-15;/h14-15H,5-13H2,1-4H3,(H2,18,19,20);1H. The minimum Gasteiger partial charge on any atom is -0.381 e. The summed E-state index contributed by atoms with van der Waals surface area (Å²) in [6, 6.07) is 0. The molecule has 1 saturated carbocycles. The summed E-state index contributed by atoms with van der Waals surface area (Å²) in [4.78, 5) is 6.79. The zero-order valence-corrected chi connectivity index (χ0v) is 17.6. The predicted octanol–water partition coefficient (Wildman–Crippen LogP) is 2.32. The zero-order chi connectivity index (χ0) is 16.0. The molecule has 1 heterocycles. The molecule has 0 bridgehead atoms. The molecular formula is C17H35IN4O. The average Bonchev–Trinajstić information content (AvgIpc) is 3.00. The summed E-state index contributed by atoms with van der Waals surface area (Å²) in [7, 11) is 6.28. The van der Waals surface area contributed by atoms with Crippen LogP contribution in [0.15, 0.2) is 4.99 Å². The van der Waals surface area contributed by atoms with Gasteiger partial charge in [0.15, 0.2) is 5.96 Å². The molecule has 0 aromatic rings. The Morgan fingerprint density at radius 1 is 1.30 bits per heavy atom. The third kappa shape index (κ3) is 6.05. The fourth-order valence-corrected chi connectivity index (χ4v) is 3.81. The van der Waals surface area contributed by atoms with Crippen molar-refractivity contribution in [3.05, 3.63) is 0 Å². The summed E-state index contributed by atoms with van der Waals surface area (Å²) >= 11 is 0. The van der Waals surface area contributed by atoms with Crippen molar-refractivity contribution in [3.8, 4) is 0 Å². The van der Waals surface area contributed by atoms with E-state index in [1.807, 2.05) is 7.05 Å². The Labute approximate surface area is 159 Å². The van der Waals surface area contributed by atoms with E-state index in [0.717, 1.165) is 44.6 Å². The Hall–Kier alpha value is -0.0800. The first-order valence-electron chi connectivity index (χ1n) is 8.75. The van der Waals surface area contributed by atoms with Gasteiger partial charge in [0.1, 0.15) is 0 Å². The van der Waals surface area contributed by atoms with Crippen LogP contribution in [0.4, 0.5) is 0 Å². The number of nitrogens with zero attached hydrogens (tertiary/aromatic N) is 2. The summed E-state index contributed by atoms with van der Waals surface area (Å²) < 4.78 is 5.43. The lowest BCUT2D eigenvalue weighted by molar-refractivity contribution is 0.0795. The van der Waals surface area contributed by atoms with E-state index in [2.05, 4.69) is 41.5 Å². The normalized spacial score (nSPS) is 31.8. The third-order valence-electron chi connectivity index (χ3n) is 5.41. The molecule has 1 aliphatic carbocycles. The molecule has 6 heteroatoms. The molecule has 0 aromatic heterocycles. The zero-order valence-electron chi connectivity index (χ0n) is 15.2. The highest BCUT2D eigenvalue weighted by Gasteiger charge is 2.36. The van der Waals surface area contributed by atoms with E-state index >= 15 is 0 Å². The molecule has 2 aliphatic rings. The minimum atomic E-state index is 0. The summed E-state index contributed by atoms with van der Waals surface area (Å²) in [5, 5.41) is 7.02. The van der Waals surface area contributed by atoms with Crippen LogP contribution < -0.4 is 10.6 Å². The lowest BCUT2D eigenvalue weighted by Gasteiger charge is -2.45. The largest absolute Gasteiger partial charge is 0.381 e. The van der Waals surface area contributed by atoms with Gasteiger partial charge in [0, 0.05) is 38.2 Å². The van der Waals surface area contributed by atoms with E-state index < -0.39 is 0 Å². The van der Waals surface area contributed by atoms with Gasteiger partial charge in [-0.15, -0.1) is 24.0 Å². The molecule has 136 valence electrons. The maximum atomic E-state index is 5.43. The molecule has 1 saturated heterocycles. The van der Waals surface area contributed by atoms with Gasteiger partial charge in [0.05, 0.1) is 6.61 Å². The maximum Gasteiger partial charge on any atom is 0.191 e. The first kappa shape index (κ1) is 21.0. The van der Waals surface area contributed by atoms with Crippen molar-refractivity contribution in [1.82, 2.24) is 15.5 Å². The van der Waals surface area contributed by atoms with Crippen LogP contribution in [0.25, 0.3) is 0 Å². The molecule has 0 amide bonds. The van der Waals surface area contributed by atoms with Gasteiger partial charge in [-0.25, -0.2) is 0 Å². The van der Waals surface area contributed by atoms with Crippen LogP contribution in [0, 0.1) is 11.8 Å². The minimum absolute atomic E-state index is 0. The number of aliphatic imine (C=N–C) groups is 1. The molecule has 23 heavy (non-hydrogen) atoms. The Morgan fingerprint density at radius 2 is 2.09 bits per heavy atom. The van der Waals surface area contributed by atoms with Crippen molar-refractivity contribution in [2.24, 2.45) is 16.8 Å². The second-order valence-corrected chi connectivity index (χ2v) is 7.36. The number of guanidine groups is 1. The van der Waals surface area contributed by atoms with E-state index in [9.17, 15) is 0 Å². The Kier molecular flexibility index (Phi) is 9.15. The quantitative estimate of drug-likeness (QED) is 0.393. The summed E-state index contributed by atoms with van der Waals surface area (Å²) in [5.74, 6) is 2.35. The number of likely N-dealkylation sites (N-methyl/N-ethyl adjacent to an activating group) is 1. The van der Waals surface area contributed by atoms with Crippen LogP contribution in [0.5, 0.6) is 0 Å². The van der Waals surface area contributed by atoms with Gasteiger partial charge >= 0.3 is 0 Å². The van der Waals surface area contributed by atoms with E-state index in [1.54, 1.807) is 0 Å². The van der Waals surface area contributed by atoms with Crippen molar-refractivity contribution in [3.63, 3.8) is 0 Å². The second-order valence-electron chi connectivity index (χ2n) is 7.36. The van der Waals surface area contributed by atoms with E-state index in [-0.39, 0.29) is 29.5 Å². The Balaban J connectivity index is 0.00000264. The van der Waals surface area contributed by atoms with Crippen LogP contribution >= 0.6 is 24.0 Å². The number of ether oxygens (including phenoxy) is 1. The van der Waals surface area contributed by atoms with Gasteiger partial charge in [-0.05, 0) is 39.3 Å². The molecule has 2 rings (SSSR count). The molecule has 0 spiro atoms. The van der Waals surface area contributed by atoms with E-state index in [1.165, 1.54) is 25.7 Å². The lowest BCUT2D eigenvalue weighted by Crippen LogP contribution is -2.56. The number of nitrogens with one attached hydrogen (secondary N) is 2. The molecule has 2 N–H and O–H groups in total. The summed E-state index contributed by atoms with van der Waals surface area (Å²) in [6.07, 6.45) is 6.38. The van der Waals surface area contributed by atoms with Crippen LogP contribution in [-0.2, 0) is 4.74 Å². The van der Waals surface area contributed by atoms with Gasteiger partial charge in [-0.2, -0.15) is 0 Å². The average molecular weight is 438 g/mol. The fourth-order valence-electron chi connectivity index (χ4n) is 3.81. The molecule has 1 aliphatic heterocycles. The molecule has 5 nitrogen and oxygen atoms in total. The number of hydrogen-bond acceptors (Lipinski definition) is 3. The molecule has 0 aromatic carbocycles. The predicted molar refractivity (Wildman–Crippen MR) is 108 cm³/mol. The van der Waals surface area contributed by atoms with Crippen LogP contribution in [0.2, 0.25) is 0 Å². The first-order chi connectivity index (χ1) is 10.6. The Bertz CT molecular complexity index is 372. The van der Waals surface area contributed by atoms with Crippen LogP contribution in [-0.4, -0.2) is 63.8 Å². The highest BCUT2D eigenvalue weighted by atomic mass is 127. The fraction of sp³-hybridized carbons (Fsp3) is 0.941. The number of halogens is 1. The number of rotatable bonds is 5. The lowest BCUT2D eigenvalue weighted by atomic mass is 9.75. The molecule has 2 fully saturated rings. The van der Waals surface area contributed by atoms with Crippen molar-refractivity contribution in [2.75, 3.05) is 47.4 Å². The van der Waals surface area contributed by atoms with Crippen molar-refractivity contribution >= 4 is 29.9 Å². The highest BCUT2D eigenvalue weighted by molar-refractivity contribution is 14.0. The molecule has 0 radical (unpaired) electrons. The van der Waals surface area contributed by atoms with Gasteiger partial charge in [0.25, 0.3) is 0 Å². The van der Waals surface area contributed by atoms with Crippen molar-refractivity contribution < 1.29 is 4.74 Å². The van der Waals surface area contributed by atoms with E-state index in [4.69, 9.17) is 4.74 Å². The monoisotopic (exact) mass is 438 g/mol. The van der Waals surface area contributed by atoms with Crippen molar-refractivity contribution in [2.45, 2.75) is 44.6 Å². The van der Waals surface area contributed by atoms with Crippen LogP contribution in [0.1, 0.15) is 39.0 Å². The molecule has 3 atom stereocenters. The van der Waals surface area contributed by atoms with Gasteiger partial charge in [0.2, 0.25) is 0 Å². The van der Waals surface area contributed by atoms with Gasteiger partial charge in [-0.3, -0.25) is 4.99 Å². The smallest absolute Gasteiger partial charge is 0.191 e. The topological polar surface area (TPSA) is 48.9 Å². The Morgan fingerprint density at radius 3 is 2.65 bits per heavy atom. The van der Waals surface area contributed by atoms with Crippen molar-refractivity contribution in [1.29, 1.82) is 0 Å². The third-order valence-corrected chi connectivity index (χ3v) is 5.41. The second kappa shape index (κ2) is 10.0. The van der Waals surface area contributed by atoms with Crippen LogP contribution in [0.3, 0.4) is 0 Å². The summed E-state index contributed by atoms with van der Waals surface area (Å²) in [5.41, 5.74) is 0.256.